The standard InChI is InChI=1S/C5H6N2O2/c1-3(8)4-5(9)7-2-6-4/h2,4H,1H3,(H,6,7,9). The van der Waals surface area contributed by atoms with Crippen molar-refractivity contribution < 1.29 is 9.59 Å². The zero-order chi connectivity index (χ0) is 6.85. The third-order valence-electron chi connectivity index (χ3n) is 1.06. The van der Waals surface area contributed by atoms with Crippen LogP contribution in [0.15, 0.2) is 4.99 Å². The molecule has 48 valence electrons. The maximum absolute atomic E-state index is 10.6. The highest BCUT2D eigenvalue weighted by Crippen LogP contribution is 1.95. The molecule has 0 fully saturated rings. The van der Waals surface area contributed by atoms with Crippen LogP contribution in [0.2, 0.25) is 0 Å². The van der Waals surface area contributed by atoms with Crippen molar-refractivity contribution >= 4 is 18.0 Å². The van der Waals surface area contributed by atoms with Crippen molar-refractivity contribution in [1.29, 1.82) is 0 Å². The van der Waals surface area contributed by atoms with Crippen LogP contribution in [0, 0.1) is 0 Å². The Labute approximate surface area is 52.0 Å². The van der Waals surface area contributed by atoms with Crippen LogP contribution < -0.4 is 5.32 Å². The fraction of sp³-hybridized carbons (Fsp3) is 0.400. The van der Waals surface area contributed by atoms with E-state index in [4.69, 9.17) is 0 Å². The fourth-order valence-electron chi connectivity index (χ4n) is 0.612. The number of nitrogens with one attached hydrogen (secondary N) is 1. The van der Waals surface area contributed by atoms with Crippen molar-refractivity contribution in [2.75, 3.05) is 0 Å². The van der Waals surface area contributed by atoms with Gasteiger partial charge in [0.05, 0.1) is 6.34 Å². The van der Waals surface area contributed by atoms with Crippen molar-refractivity contribution in [3.8, 4) is 0 Å². The summed E-state index contributed by atoms with van der Waals surface area (Å²) in [5, 5.41) is 2.30. The zero-order valence-electron chi connectivity index (χ0n) is 4.92. The van der Waals surface area contributed by atoms with Gasteiger partial charge in [-0.05, 0) is 6.92 Å². The van der Waals surface area contributed by atoms with Gasteiger partial charge in [0.25, 0.3) is 5.91 Å². The Morgan fingerprint density at radius 3 is 2.78 bits per heavy atom. The summed E-state index contributed by atoms with van der Waals surface area (Å²) in [7, 11) is 0. The van der Waals surface area contributed by atoms with Gasteiger partial charge >= 0.3 is 0 Å². The molecular weight excluding hydrogens is 120 g/mol. The van der Waals surface area contributed by atoms with Crippen LogP contribution >= 0.6 is 0 Å². The van der Waals surface area contributed by atoms with Gasteiger partial charge in [-0.25, -0.2) is 0 Å². The van der Waals surface area contributed by atoms with E-state index in [2.05, 4.69) is 10.3 Å². The van der Waals surface area contributed by atoms with Gasteiger partial charge in [0.2, 0.25) is 0 Å². The number of carbonyl (C=O) groups is 2. The SMILES string of the molecule is CC(=O)C1N=CNC1=O. The van der Waals surface area contributed by atoms with Gasteiger partial charge in [-0.2, -0.15) is 0 Å². The van der Waals surface area contributed by atoms with E-state index >= 15 is 0 Å². The first-order chi connectivity index (χ1) is 4.22. The second-order valence-corrected chi connectivity index (χ2v) is 1.80. The zero-order valence-corrected chi connectivity index (χ0v) is 4.92. The maximum Gasteiger partial charge on any atom is 0.257 e. The molecular formula is C5H6N2O2. The van der Waals surface area contributed by atoms with E-state index in [0.29, 0.717) is 0 Å². The molecule has 1 atom stereocenters. The predicted molar refractivity (Wildman–Crippen MR) is 31.1 cm³/mol. The number of carbonyl (C=O) groups excluding carboxylic acids is 2. The summed E-state index contributed by atoms with van der Waals surface area (Å²) < 4.78 is 0. The van der Waals surface area contributed by atoms with Gasteiger partial charge in [0, 0.05) is 0 Å². The van der Waals surface area contributed by atoms with Gasteiger partial charge in [-0.15, -0.1) is 0 Å². The number of Topliss-reactive ketones (excluding diaryl/α,β-unsaturated/α-hetero) is 1. The van der Waals surface area contributed by atoms with E-state index in [0.717, 1.165) is 0 Å². The average Bonchev–Trinajstić information content (AvgIpc) is 2.13. The topological polar surface area (TPSA) is 58.5 Å². The molecule has 0 aromatic heterocycles. The Hall–Kier alpha value is -1.19. The van der Waals surface area contributed by atoms with E-state index in [-0.39, 0.29) is 11.7 Å². The summed E-state index contributed by atoms with van der Waals surface area (Å²) in [6.07, 6.45) is 1.24. The number of aliphatic imine (C=N–C) groups is 1. The lowest BCUT2D eigenvalue weighted by Gasteiger charge is -1.95. The van der Waals surface area contributed by atoms with E-state index < -0.39 is 6.04 Å². The van der Waals surface area contributed by atoms with Gasteiger partial charge in [-0.3, -0.25) is 14.6 Å². The number of rotatable bonds is 1. The second kappa shape index (κ2) is 1.97. The van der Waals surface area contributed by atoms with Crippen LogP contribution in [0.25, 0.3) is 0 Å². The summed E-state index contributed by atoms with van der Waals surface area (Å²) in [5.74, 6) is -0.552. The molecule has 1 aliphatic heterocycles. The number of amides is 1. The van der Waals surface area contributed by atoms with Crippen LogP contribution in [0.3, 0.4) is 0 Å². The summed E-state index contributed by atoms with van der Waals surface area (Å²) in [5.41, 5.74) is 0. The Kier molecular flexibility index (Phi) is 1.30. The first kappa shape index (κ1) is 5.94. The third kappa shape index (κ3) is 0.960. The Bertz CT molecular complexity index is 185. The van der Waals surface area contributed by atoms with E-state index in [1.165, 1.54) is 13.3 Å². The number of nitrogens with zero attached hydrogens (tertiary/aromatic N) is 1. The molecule has 1 unspecified atom stereocenters. The van der Waals surface area contributed by atoms with Crippen molar-refractivity contribution in [1.82, 2.24) is 5.32 Å². The predicted octanol–water partition coefficient (Wildman–Crippen LogP) is -0.898. The molecule has 0 radical (unpaired) electrons. The highest BCUT2D eigenvalue weighted by atomic mass is 16.2. The van der Waals surface area contributed by atoms with Crippen LogP contribution in [0.4, 0.5) is 0 Å². The van der Waals surface area contributed by atoms with E-state index in [1.807, 2.05) is 0 Å². The minimum absolute atomic E-state index is 0.221. The summed E-state index contributed by atoms with van der Waals surface area (Å²) in [6, 6.07) is -0.787. The van der Waals surface area contributed by atoms with Crippen LogP contribution in [0.1, 0.15) is 6.92 Å². The molecule has 1 heterocycles. The van der Waals surface area contributed by atoms with Crippen LogP contribution in [0.5, 0.6) is 0 Å². The first-order valence-corrected chi connectivity index (χ1v) is 2.54. The largest absolute Gasteiger partial charge is 0.315 e. The molecule has 1 aliphatic rings. The average molecular weight is 126 g/mol. The second-order valence-electron chi connectivity index (χ2n) is 1.80. The highest BCUT2D eigenvalue weighted by Gasteiger charge is 2.24. The highest BCUT2D eigenvalue weighted by molar-refractivity contribution is 6.11. The Morgan fingerprint density at radius 1 is 1.89 bits per heavy atom. The molecule has 0 aliphatic carbocycles. The molecule has 1 N–H and O–H groups in total. The quantitative estimate of drug-likeness (QED) is 0.463. The molecule has 9 heavy (non-hydrogen) atoms. The van der Waals surface area contributed by atoms with Crippen LogP contribution in [-0.4, -0.2) is 24.1 Å². The lowest BCUT2D eigenvalue weighted by Crippen LogP contribution is -2.29. The lowest BCUT2D eigenvalue weighted by atomic mass is 10.2. The van der Waals surface area contributed by atoms with Crippen molar-refractivity contribution in [2.24, 2.45) is 4.99 Å². The molecule has 4 heteroatoms. The van der Waals surface area contributed by atoms with E-state index in [1.54, 1.807) is 0 Å². The summed E-state index contributed by atoms with van der Waals surface area (Å²) in [6.45, 7) is 1.34. The van der Waals surface area contributed by atoms with Crippen molar-refractivity contribution in [3.05, 3.63) is 0 Å². The molecule has 1 amide bonds. The third-order valence-corrected chi connectivity index (χ3v) is 1.06. The van der Waals surface area contributed by atoms with Crippen molar-refractivity contribution in [2.45, 2.75) is 13.0 Å². The van der Waals surface area contributed by atoms with Gasteiger partial charge in [0.15, 0.2) is 11.8 Å². The molecule has 0 aromatic rings. The molecule has 0 aromatic carbocycles. The molecule has 4 nitrogen and oxygen atoms in total. The Balaban J connectivity index is 2.71. The first-order valence-electron chi connectivity index (χ1n) is 2.54. The monoisotopic (exact) mass is 126 g/mol. The van der Waals surface area contributed by atoms with E-state index in [9.17, 15) is 9.59 Å². The minimum atomic E-state index is -0.787. The molecule has 0 spiro atoms. The molecule has 0 bridgehead atoms. The Morgan fingerprint density at radius 2 is 2.56 bits per heavy atom. The minimum Gasteiger partial charge on any atom is -0.315 e. The van der Waals surface area contributed by atoms with Gasteiger partial charge in [-0.1, -0.05) is 0 Å². The van der Waals surface area contributed by atoms with Gasteiger partial charge in [0.1, 0.15) is 0 Å². The molecule has 0 saturated carbocycles. The van der Waals surface area contributed by atoms with Crippen LogP contribution in [-0.2, 0) is 9.59 Å². The number of ketones is 1. The molecule has 1 rings (SSSR count). The summed E-state index contributed by atoms with van der Waals surface area (Å²) in [4.78, 5) is 24.6. The number of hydrogen-bond donors (Lipinski definition) is 1. The summed E-state index contributed by atoms with van der Waals surface area (Å²) >= 11 is 0. The normalized spacial score (nSPS) is 24.1. The molecule has 0 saturated heterocycles. The van der Waals surface area contributed by atoms with Crippen molar-refractivity contribution in [3.63, 3.8) is 0 Å². The lowest BCUT2D eigenvalue weighted by molar-refractivity contribution is -0.127. The smallest absolute Gasteiger partial charge is 0.257 e. The maximum atomic E-state index is 10.6. The number of hydrogen-bond acceptors (Lipinski definition) is 3. The van der Waals surface area contributed by atoms with Gasteiger partial charge < -0.3 is 5.32 Å². The fourth-order valence-corrected chi connectivity index (χ4v) is 0.612.